The van der Waals surface area contributed by atoms with Crippen LogP contribution in [0.15, 0.2) is 35.3 Å². The van der Waals surface area contributed by atoms with Gasteiger partial charge < -0.3 is 0 Å². The smallest absolute Gasteiger partial charge is 0.175 e. The molecule has 0 saturated carbocycles. The highest BCUT2D eigenvalue weighted by molar-refractivity contribution is 8.39. The van der Waals surface area contributed by atoms with Gasteiger partial charge in [0, 0.05) is 11.3 Å². The maximum absolute atomic E-state index is 12.0. The van der Waals surface area contributed by atoms with Gasteiger partial charge in [0.25, 0.3) is 0 Å². The first-order valence-corrected chi connectivity index (χ1v) is 7.07. The maximum Gasteiger partial charge on any atom is 0.175 e. The van der Waals surface area contributed by atoms with Gasteiger partial charge in [-0.25, -0.2) is 0 Å². The number of aliphatic imine (C=N–C) groups is 1. The van der Waals surface area contributed by atoms with E-state index < -0.39 is 0 Å². The molecule has 0 aliphatic carbocycles. The van der Waals surface area contributed by atoms with Gasteiger partial charge in [0.15, 0.2) is 5.78 Å². The summed E-state index contributed by atoms with van der Waals surface area (Å²) >= 11 is 3.32. The van der Waals surface area contributed by atoms with Crippen LogP contribution in [0.4, 0.5) is 0 Å². The number of carbonyl (C=O) groups is 1. The van der Waals surface area contributed by atoms with Crippen LogP contribution in [-0.2, 0) is 0 Å². The fraction of sp³-hybridized carbons (Fsp3) is 0.333. The van der Waals surface area contributed by atoms with Crippen LogP contribution in [-0.4, -0.2) is 27.7 Å². The Balaban J connectivity index is 1.99. The van der Waals surface area contributed by atoms with Crippen molar-refractivity contribution in [3.05, 3.63) is 35.9 Å². The van der Waals surface area contributed by atoms with Crippen LogP contribution in [0.1, 0.15) is 17.3 Å². The highest BCUT2D eigenvalue weighted by atomic mass is 32.2. The van der Waals surface area contributed by atoms with Gasteiger partial charge >= 0.3 is 0 Å². The van der Waals surface area contributed by atoms with E-state index >= 15 is 0 Å². The van der Waals surface area contributed by atoms with Crippen molar-refractivity contribution >= 4 is 33.7 Å². The van der Waals surface area contributed by atoms with Crippen LogP contribution in [0.3, 0.4) is 0 Å². The maximum atomic E-state index is 12.0. The van der Waals surface area contributed by atoms with E-state index in [1.807, 2.05) is 37.3 Å². The van der Waals surface area contributed by atoms with E-state index in [1.165, 1.54) is 0 Å². The lowest BCUT2D eigenvalue weighted by atomic mass is 10.1. The van der Waals surface area contributed by atoms with Gasteiger partial charge in [-0.15, -0.1) is 0 Å². The van der Waals surface area contributed by atoms with Crippen molar-refractivity contribution in [3.8, 4) is 0 Å². The summed E-state index contributed by atoms with van der Waals surface area (Å²) in [5, 5.41) is -0.0493. The number of nitrogens with zero attached hydrogens (tertiary/aromatic N) is 1. The van der Waals surface area contributed by atoms with Crippen molar-refractivity contribution in [2.45, 2.75) is 12.2 Å². The molecule has 1 aliphatic rings. The zero-order chi connectivity index (χ0) is 11.4. The zero-order valence-corrected chi connectivity index (χ0v) is 10.7. The summed E-state index contributed by atoms with van der Waals surface area (Å²) in [6.07, 6.45) is 0. The number of Topliss-reactive ketones (excluding diaryl/α,β-unsaturated/α-hetero) is 1. The molecule has 16 heavy (non-hydrogen) atoms. The second-order valence-corrected chi connectivity index (χ2v) is 6.16. The molecule has 84 valence electrons. The van der Waals surface area contributed by atoms with Crippen molar-refractivity contribution < 1.29 is 4.79 Å². The first-order valence-electron chi connectivity index (χ1n) is 5.20. The zero-order valence-electron chi connectivity index (χ0n) is 9.05. The molecule has 0 amide bonds. The minimum Gasteiger partial charge on any atom is -0.293 e. The van der Waals surface area contributed by atoms with Crippen LogP contribution in [0.2, 0.25) is 0 Å². The van der Waals surface area contributed by atoms with E-state index in [-0.39, 0.29) is 11.0 Å². The van der Waals surface area contributed by atoms with Crippen LogP contribution in [0, 0.1) is 0 Å². The Labute approximate surface area is 104 Å². The van der Waals surface area contributed by atoms with Gasteiger partial charge in [-0.1, -0.05) is 53.9 Å². The lowest BCUT2D eigenvalue weighted by molar-refractivity contribution is 0.0994. The van der Waals surface area contributed by atoms with Crippen LogP contribution >= 0.6 is 23.5 Å². The molecule has 0 radical (unpaired) electrons. The molecule has 0 spiro atoms. The molecule has 0 N–H and O–H groups in total. The number of carbonyl (C=O) groups excluding carboxylic acids is 1. The van der Waals surface area contributed by atoms with Gasteiger partial charge in [0.2, 0.25) is 0 Å². The summed E-state index contributed by atoms with van der Waals surface area (Å²) in [5.41, 5.74) is 0.783. The summed E-state index contributed by atoms with van der Waals surface area (Å²) in [5.74, 6) is 1.23. The largest absolute Gasteiger partial charge is 0.293 e. The minimum absolute atomic E-state index is 0.0493. The van der Waals surface area contributed by atoms with Crippen molar-refractivity contribution in [2.24, 2.45) is 4.99 Å². The lowest BCUT2D eigenvalue weighted by Crippen LogP contribution is -2.14. The number of thioether (sulfide) groups is 2. The fourth-order valence-corrected chi connectivity index (χ4v) is 3.64. The number of ketones is 1. The van der Waals surface area contributed by atoms with Gasteiger partial charge in [0.05, 0.1) is 11.8 Å². The quantitative estimate of drug-likeness (QED) is 0.773. The standard InChI is InChI=1S/C12H13NOS2/c1-9(16-12-13-7-8-15-12)11(14)10-5-3-2-4-6-10/h2-6,9H,7-8H2,1H3. The van der Waals surface area contributed by atoms with Crippen LogP contribution < -0.4 is 0 Å². The van der Waals surface area contributed by atoms with E-state index in [2.05, 4.69) is 4.99 Å². The highest BCUT2D eigenvalue weighted by Gasteiger charge is 2.19. The molecule has 1 aromatic carbocycles. The Hall–Kier alpha value is -0.740. The third-order valence-corrected chi connectivity index (χ3v) is 4.57. The minimum atomic E-state index is -0.0493. The van der Waals surface area contributed by atoms with E-state index in [0.29, 0.717) is 0 Å². The Morgan fingerprint density at radius 3 is 2.81 bits per heavy atom. The molecule has 1 atom stereocenters. The summed E-state index contributed by atoms with van der Waals surface area (Å²) in [6, 6.07) is 9.44. The van der Waals surface area contributed by atoms with Crippen molar-refractivity contribution in [1.29, 1.82) is 0 Å². The Morgan fingerprint density at radius 1 is 1.44 bits per heavy atom. The summed E-state index contributed by atoms with van der Waals surface area (Å²) in [6.45, 7) is 2.83. The molecule has 1 aromatic rings. The Kier molecular flexibility index (Phi) is 4.07. The topological polar surface area (TPSA) is 29.4 Å². The summed E-state index contributed by atoms with van der Waals surface area (Å²) in [7, 11) is 0. The first-order chi connectivity index (χ1) is 7.77. The van der Waals surface area contributed by atoms with Gasteiger partial charge in [-0.05, 0) is 6.92 Å². The highest BCUT2D eigenvalue weighted by Crippen LogP contribution is 2.27. The second-order valence-electron chi connectivity index (χ2n) is 3.49. The van der Waals surface area contributed by atoms with Gasteiger partial charge in [0.1, 0.15) is 4.38 Å². The number of hydrogen-bond donors (Lipinski definition) is 0. The van der Waals surface area contributed by atoms with E-state index in [9.17, 15) is 4.79 Å². The molecule has 1 aliphatic heterocycles. The molecule has 2 rings (SSSR count). The van der Waals surface area contributed by atoms with Crippen molar-refractivity contribution in [3.63, 3.8) is 0 Å². The monoisotopic (exact) mass is 251 g/mol. The molecule has 1 unspecified atom stereocenters. The van der Waals surface area contributed by atoms with Crippen LogP contribution in [0.25, 0.3) is 0 Å². The van der Waals surface area contributed by atoms with E-state index in [4.69, 9.17) is 0 Å². The number of rotatable bonds is 3. The predicted molar refractivity (Wildman–Crippen MR) is 72.6 cm³/mol. The summed E-state index contributed by atoms with van der Waals surface area (Å²) in [4.78, 5) is 16.4. The van der Waals surface area contributed by atoms with Gasteiger partial charge in [-0.2, -0.15) is 0 Å². The summed E-state index contributed by atoms with van der Waals surface area (Å²) < 4.78 is 1.05. The molecular formula is C12H13NOS2. The average molecular weight is 251 g/mol. The third kappa shape index (κ3) is 2.89. The first kappa shape index (κ1) is 11.7. The molecule has 0 aromatic heterocycles. The molecule has 0 saturated heterocycles. The second kappa shape index (κ2) is 5.55. The van der Waals surface area contributed by atoms with Crippen molar-refractivity contribution in [2.75, 3.05) is 12.3 Å². The Morgan fingerprint density at radius 2 is 2.19 bits per heavy atom. The number of hydrogen-bond acceptors (Lipinski definition) is 4. The molecule has 0 bridgehead atoms. The number of benzene rings is 1. The third-order valence-electron chi connectivity index (χ3n) is 2.26. The lowest BCUT2D eigenvalue weighted by Gasteiger charge is -2.09. The predicted octanol–water partition coefficient (Wildman–Crippen LogP) is 3.09. The van der Waals surface area contributed by atoms with E-state index in [0.717, 1.165) is 22.2 Å². The van der Waals surface area contributed by atoms with Crippen LogP contribution in [0.5, 0.6) is 0 Å². The molecule has 4 heteroatoms. The molecule has 1 heterocycles. The molecule has 2 nitrogen and oxygen atoms in total. The molecular weight excluding hydrogens is 238 g/mol. The molecule has 0 fully saturated rings. The average Bonchev–Trinajstić information content (AvgIpc) is 2.82. The SMILES string of the molecule is CC(SC1=NCCS1)C(=O)c1ccccc1. The van der Waals surface area contributed by atoms with E-state index in [1.54, 1.807) is 23.5 Å². The van der Waals surface area contributed by atoms with Crippen molar-refractivity contribution in [1.82, 2.24) is 0 Å². The fourth-order valence-electron chi connectivity index (χ4n) is 1.43. The van der Waals surface area contributed by atoms with Gasteiger partial charge in [-0.3, -0.25) is 9.79 Å². The normalized spacial score (nSPS) is 16.9. The Bertz CT molecular complexity index is 403.